The summed E-state index contributed by atoms with van der Waals surface area (Å²) in [6.45, 7) is 9.54. The number of piperidine rings is 1. The van der Waals surface area contributed by atoms with Gasteiger partial charge in [-0.05, 0) is 44.7 Å². The lowest BCUT2D eigenvalue weighted by atomic mass is 10.0. The standard InChI is InChI=1S/C20H36N6O.HI/c1-17-7-6-10-25(14-17)9-5-4-8-22-20(21-2)26-11-12-27-19(16-26)18-13-23-24(3)15-18;/h13,15,17,19H,4-12,14,16H2,1-3H3,(H,21,22);1H. The molecule has 0 aliphatic carbocycles. The highest BCUT2D eigenvalue weighted by Gasteiger charge is 2.25. The summed E-state index contributed by atoms with van der Waals surface area (Å²) in [5.74, 6) is 1.85. The highest BCUT2D eigenvalue weighted by Crippen LogP contribution is 2.21. The summed E-state index contributed by atoms with van der Waals surface area (Å²) in [7, 11) is 3.81. The zero-order valence-corrected chi connectivity index (χ0v) is 20.0. The number of hydrogen-bond acceptors (Lipinski definition) is 4. The van der Waals surface area contributed by atoms with Gasteiger partial charge in [0.25, 0.3) is 0 Å². The number of halogens is 1. The second kappa shape index (κ2) is 12.0. The van der Waals surface area contributed by atoms with Gasteiger partial charge in [0, 0.05) is 45.5 Å². The summed E-state index contributed by atoms with van der Waals surface area (Å²) in [6, 6.07) is 0. The highest BCUT2D eigenvalue weighted by molar-refractivity contribution is 14.0. The van der Waals surface area contributed by atoms with Crippen molar-refractivity contribution in [3.05, 3.63) is 18.0 Å². The number of morpholine rings is 1. The van der Waals surface area contributed by atoms with E-state index in [1.165, 1.54) is 45.3 Å². The summed E-state index contributed by atoms with van der Waals surface area (Å²) in [4.78, 5) is 9.41. The van der Waals surface area contributed by atoms with E-state index in [1.54, 1.807) is 0 Å². The predicted molar refractivity (Wildman–Crippen MR) is 124 cm³/mol. The molecule has 28 heavy (non-hydrogen) atoms. The molecular formula is C20H37IN6O. The van der Waals surface area contributed by atoms with Gasteiger partial charge in [0.2, 0.25) is 0 Å². The molecule has 1 aromatic heterocycles. The van der Waals surface area contributed by atoms with Crippen molar-refractivity contribution in [3.63, 3.8) is 0 Å². The number of unbranched alkanes of at least 4 members (excludes halogenated alkanes) is 1. The van der Waals surface area contributed by atoms with E-state index in [-0.39, 0.29) is 30.1 Å². The first kappa shape index (κ1) is 23.4. The van der Waals surface area contributed by atoms with Crippen LogP contribution in [0.5, 0.6) is 0 Å². The van der Waals surface area contributed by atoms with Gasteiger partial charge in [0.05, 0.1) is 19.3 Å². The van der Waals surface area contributed by atoms with Crippen LogP contribution in [0, 0.1) is 5.92 Å². The largest absolute Gasteiger partial charge is 0.370 e. The van der Waals surface area contributed by atoms with Crippen LogP contribution in [-0.2, 0) is 11.8 Å². The molecule has 0 amide bonds. The molecule has 8 heteroatoms. The van der Waals surface area contributed by atoms with Crippen molar-refractivity contribution in [3.8, 4) is 0 Å². The van der Waals surface area contributed by atoms with Crippen molar-refractivity contribution >= 4 is 29.9 Å². The molecule has 0 spiro atoms. The molecule has 160 valence electrons. The molecule has 2 aliphatic rings. The van der Waals surface area contributed by atoms with Gasteiger partial charge in [0.15, 0.2) is 5.96 Å². The molecule has 0 radical (unpaired) electrons. The lowest BCUT2D eigenvalue weighted by molar-refractivity contribution is -0.00802. The van der Waals surface area contributed by atoms with E-state index in [2.05, 4.69) is 32.1 Å². The molecule has 0 saturated carbocycles. The third kappa shape index (κ3) is 6.88. The second-order valence-corrected chi connectivity index (χ2v) is 7.98. The van der Waals surface area contributed by atoms with Crippen LogP contribution in [0.1, 0.15) is 44.3 Å². The van der Waals surface area contributed by atoms with E-state index in [0.717, 1.165) is 37.1 Å². The van der Waals surface area contributed by atoms with Crippen LogP contribution in [0.4, 0.5) is 0 Å². The highest BCUT2D eigenvalue weighted by atomic mass is 127. The number of guanidine groups is 1. The summed E-state index contributed by atoms with van der Waals surface area (Å²) >= 11 is 0. The Hall–Kier alpha value is -0.870. The Morgan fingerprint density at radius 1 is 1.32 bits per heavy atom. The normalized spacial score (nSPS) is 24.1. The molecule has 3 rings (SSSR count). The fourth-order valence-electron chi connectivity index (χ4n) is 4.13. The van der Waals surface area contributed by atoms with Gasteiger partial charge in [-0.25, -0.2) is 0 Å². The molecule has 2 fully saturated rings. The van der Waals surface area contributed by atoms with Crippen LogP contribution in [0.3, 0.4) is 0 Å². The first-order valence-corrected chi connectivity index (χ1v) is 10.4. The first-order chi connectivity index (χ1) is 13.2. The lowest BCUT2D eigenvalue weighted by Crippen LogP contribution is -2.48. The van der Waals surface area contributed by atoms with Gasteiger partial charge in [-0.2, -0.15) is 5.10 Å². The minimum atomic E-state index is 0. The number of rotatable bonds is 6. The van der Waals surface area contributed by atoms with Crippen LogP contribution >= 0.6 is 24.0 Å². The molecule has 2 aliphatic heterocycles. The van der Waals surface area contributed by atoms with E-state index in [4.69, 9.17) is 4.74 Å². The van der Waals surface area contributed by atoms with Crippen molar-refractivity contribution in [1.29, 1.82) is 0 Å². The molecule has 1 N–H and O–H groups in total. The van der Waals surface area contributed by atoms with E-state index in [0.29, 0.717) is 6.61 Å². The summed E-state index contributed by atoms with van der Waals surface area (Å²) in [5.41, 5.74) is 1.13. The van der Waals surface area contributed by atoms with E-state index < -0.39 is 0 Å². The molecule has 2 saturated heterocycles. The number of nitrogens with zero attached hydrogens (tertiary/aromatic N) is 5. The van der Waals surface area contributed by atoms with Gasteiger partial charge in [0.1, 0.15) is 6.10 Å². The Morgan fingerprint density at radius 3 is 2.89 bits per heavy atom. The number of hydrogen-bond donors (Lipinski definition) is 1. The third-order valence-corrected chi connectivity index (χ3v) is 5.60. The van der Waals surface area contributed by atoms with Crippen LogP contribution in [0.25, 0.3) is 0 Å². The van der Waals surface area contributed by atoms with E-state index in [1.807, 2.05) is 31.2 Å². The average molecular weight is 504 g/mol. The molecule has 7 nitrogen and oxygen atoms in total. The van der Waals surface area contributed by atoms with E-state index >= 15 is 0 Å². The van der Waals surface area contributed by atoms with Gasteiger partial charge in [-0.3, -0.25) is 9.67 Å². The summed E-state index contributed by atoms with van der Waals surface area (Å²) in [5, 5.41) is 7.81. The average Bonchev–Trinajstić information content (AvgIpc) is 3.11. The predicted octanol–water partition coefficient (Wildman–Crippen LogP) is 2.50. The Labute approximate surface area is 186 Å². The smallest absolute Gasteiger partial charge is 0.193 e. The second-order valence-electron chi connectivity index (χ2n) is 7.98. The van der Waals surface area contributed by atoms with Crippen molar-refractivity contribution in [2.24, 2.45) is 18.0 Å². The maximum absolute atomic E-state index is 5.94. The van der Waals surface area contributed by atoms with Crippen LogP contribution in [-0.4, -0.2) is 78.5 Å². The van der Waals surface area contributed by atoms with Gasteiger partial charge in [-0.15, -0.1) is 24.0 Å². The van der Waals surface area contributed by atoms with Crippen molar-refractivity contribution < 1.29 is 4.74 Å². The number of likely N-dealkylation sites (tertiary alicyclic amines) is 1. The zero-order chi connectivity index (χ0) is 19.1. The number of ether oxygens (including phenoxy) is 1. The van der Waals surface area contributed by atoms with Crippen molar-refractivity contribution in [1.82, 2.24) is 24.9 Å². The first-order valence-electron chi connectivity index (χ1n) is 10.4. The third-order valence-electron chi connectivity index (χ3n) is 5.60. The Bertz CT molecular complexity index is 607. The quantitative estimate of drug-likeness (QED) is 0.279. The zero-order valence-electron chi connectivity index (χ0n) is 17.6. The van der Waals surface area contributed by atoms with Gasteiger partial charge in [-0.1, -0.05) is 6.92 Å². The summed E-state index contributed by atoms with van der Waals surface area (Å²) in [6.07, 6.45) is 9.18. The minimum absolute atomic E-state index is 0. The maximum atomic E-state index is 5.94. The molecule has 0 aromatic carbocycles. The Kier molecular flexibility index (Phi) is 10.0. The number of nitrogens with one attached hydrogen (secondary N) is 1. The minimum Gasteiger partial charge on any atom is -0.370 e. The van der Waals surface area contributed by atoms with Crippen molar-refractivity contribution in [2.45, 2.75) is 38.7 Å². The fraction of sp³-hybridized carbons (Fsp3) is 0.800. The Balaban J connectivity index is 0.00000280. The fourth-order valence-corrected chi connectivity index (χ4v) is 4.13. The molecule has 2 unspecified atom stereocenters. The van der Waals surface area contributed by atoms with Gasteiger partial charge < -0.3 is 19.9 Å². The molecule has 1 aromatic rings. The van der Waals surface area contributed by atoms with E-state index in [9.17, 15) is 0 Å². The van der Waals surface area contributed by atoms with Crippen LogP contribution in [0.2, 0.25) is 0 Å². The number of aryl methyl sites for hydroxylation is 1. The molecule has 0 bridgehead atoms. The maximum Gasteiger partial charge on any atom is 0.193 e. The Morgan fingerprint density at radius 2 is 2.18 bits per heavy atom. The van der Waals surface area contributed by atoms with Gasteiger partial charge >= 0.3 is 0 Å². The van der Waals surface area contributed by atoms with Crippen LogP contribution < -0.4 is 5.32 Å². The van der Waals surface area contributed by atoms with Crippen molar-refractivity contribution in [2.75, 3.05) is 52.9 Å². The molecular weight excluding hydrogens is 467 g/mol. The topological polar surface area (TPSA) is 57.9 Å². The SMILES string of the molecule is CN=C(NCCCCN1CCCC(C)C1)N1CCOC(c2cnn(C)c2)C1.I. The number of aromatic nitrogens is 2. The molecule has 3 heterocycles. The number of aliphatic imine (C=N–C) groups is 1. The van der Waals surface area contributed by atoms with Crippen LogP contribution in [0.15, 0.2) is 17.4 Å². The lowest BCUT2D eigenvalue weighted by Gasteiger charge is -2.35. The molecule has 2 atom stereocenters. The monoisotopic (exact) mass is 504 g/mol. The summed E-state index contributed by atoms with van der Waals surface area (Å²) < 4.78 is 7.76.